The Morgan fingerprint density at radius 3 is 1.91 bits per heavy atom. The van der Waals surface area contributed by atoms with E-state index < -0.39 is 46.6 Å². The number of halogens is 7. The zero-order valence-corrected chi connectivity index (χ0v) is 24.0. The van der Waals surface area contributed by atoms with Gasteiger partial charge in [-0.15, -0.1) is 0 Å². The van der Waals surface area contributed by atoms with Crippen molar-refractivity contribution in [1.82, 2.24) is 4.90 Å². The lowest BCUT2D eigenvalue weighted by atomic mass is 9.79. The summed E-state index contributed by atoms with van der Waals surface area (Å²) >= 11 is 0. The fourth-order valence-electron chi connectivity index (χ4n) is 5.10. The van der Waals surface area contributed by atoms with Crippen LogP contribution in [0.5, 0.6) is 5.75 Å². The fourth-order valence-corrected chi connectivity index (χ4v) is 5.10. The van der Waals surface area contributed by atoms with Crippen LogP contribution in [0.4, 0.5) is 30.7 Å². The molecule has 1 aliphatic heterocycles. The third-order valence-electron chi connectivity index (χ3n) is 7.50. The molecule has 0 fully saturated rings. The third kappa shape index (κ3) is 6.89. The Labute approximate surface area is 245 Å². The first-order chi connectivity index (χ1) is 20.0. The molecular weight excluding hydrogens is 583 g/mol. The minimum Gasteiger partial charge on any atom is -0.493 e. The number of alkyl halides is 6. The van der Waals surface area contributed by atoms with E-state index >= 15 is 0 Å². The first-order valence-electron chi connectivity index (χ1n) is 14.0. The molecule has 0 bridgehead atoms. The van der Waals surface area contributed by atoms with Crippen LogP contribution in [0.3, 0.4) is 0 Å². The Bertz CT molecular complexity index is 1290. The topological polar surface area (TPSA) is 66.8 Å². The Morgan fingerprint density at radius 2 is 1.42 bits per heavy atom. The van der Waals surface area contributed by atoms with E-state index in [1.807, 2.05) is 0 Å². The summed E-state index contributed by atoms with van der Waals surface area (Å²) in [5.74, 6) is -1.31. The molecule has 1 N–H and O–H groups in total. The van der Waals surface area contributed by atoms with E-state index in [9.17, 15) is 45.4 Å². The number of ether oxygens (including phenoxy) is 1. The zero-order chi connectivity index (χ0) is 32.2. The number of amides is 2. The molecular formula is C31H34F7NO4. The quantitative estimate of drug-likeness (QED) is 0.157. The molecule has 1 atom stereocenters. The summed E-state index contributed by atoms with van der Waals surface area (Å²) < 4.78 is 101. The van der Waals surface area contributed by atoms with Gasteiger partial charge in [0.15, 0.2) is 0 Å². The number of hydrogen-bond donors (Lipinski definition) is 1. The Kier molecular flexibility index (Phi) is 10.4. The van der Waals surface area contributed by atoms with Gasteiger partial charge >= 0.3 is 12.4 Å². The molecule has 2 amide bonds. The number of rotatable bonds is 12. The van der Waals surface area contributed by atoms with Gasteiger partial charge in [-0.25, -0.2) is 4.39 Å². The Morgan fingerprint density at radius 1 is 0.884 bits per heavy atom. The molecule has 2 aromatic carbocycles. The molecule has 5 nitrogen and oxygen atoms in total. The summed E-state index contributed by atoms with van der Waals surface area (Å²) in [6.07, 6.45) is -7.66. The highest BCUT2D eigenvalue weighted by Gasteiger charge is 2.71. The number of carbonyl (C=O) groups excluding carboxylic acids is 2. The number of unbranched alkanes of at least 4 members (excludes halogenated alkanes) is 1. The summed E-state index contributed by atoms with van der Waals surface area (Å²) in [5.41, 5.74) is -6.82. The van der Waals surface area contributed by atoms with Gasteiger partial charge < -0.3 is 9.84 Å². The van der Waals surface area contributed by atoms with Crippen molar-refractivity contribution in [3.05, 3.63) is 76.6 Å². The highest BCUT2D eigenvalue weighted by molar-refractivity contribution is 6.09. The Balaban J connectivity index is 1.78. The van der Waals surface area contributed by atoms with Crippen molar-refractivity contribution in [1.29, 1.82) is 0 Å². The smallest absolute Gasteiger partial charge is 0.430 e. The van der Waals surface area contributed by atoms with Gasteiger partial charge in [-0.05, 0) is 73.6 Å². The van der Waals surface area contributed by atoms with Crippen LogP contribution in [-0.4, -0.2) is 47.3 Å². The van der Waals surface area contributed by atoms with Crippen LogP contribution < -0.4 is 4.74 Å². The zero-order valence-electron chi connectivity index (χ0n) is 24.0. The van der Waals surface area contributed by atoms with Gasteiger partial charge in [-0.2, -0.15) is 26.3 Å². The number of imide groups is 1. The van der Waals surface area contributed by atoms with Crippen LogP contribution in [-0.2, 0) is 33.4 Å². The first kappa shape index (κ1) is 34.1. The minimum absolute atomic E-state index is 0.0108. The number of carbonyl (C=O) groups is 2. The second-order valence-electron chi connectivity index (χ2n) is 10.7. The van der Waals surface area contributed by atoms with Crippen LogP contribution >= 0.6 is 0 Å². The number of hydrogen-bond acceptors (Lipinski definition) is 4. The van der Waals surface area contributed by atoms with E-state index in [0.29, 0.717) is 43.4 Å². The molecule has 43 heavy (non-hydrogen) atoms. The van der Waals surface area contributed by atoms with Crippen molar-refractivity contribution in [3.63, 3.8) is 0 Å². The van der Waals surface area contributed by atoms with Crippen LogP contribution in [0, 0.1) is 5.82 Å². The van der Waals surface area contributed by atoms with Gasteiger partial charge in [-0.1, -0.05) is 44.9 Å². The average Bonchev–Trinajstić information content (AvgIpc) is 2.92. The van der Waals surface area contributed by atoms with E-state index in [1.54, 1.807) is 20.8 Å². The molecule has 0 spiro atoms. The third-order valence-corrected chi connectivity index (χ3v) is 7.50. The molecule has 12 heteroatoms. The molecule has 1 heterocycles. The van der Waals surface area contributed by atoms with Crippen molar-refractivity contribution < 1.29 is 50.2 Å². The SMILES string of the molecule is CCCc1cc(C(O)(C(F)(F)F)C(F)(F)F)cc(CCC)c1OCCCCN1C(=O)C=CC(C)(c2ccc(F)cc2)C1=O. The van der Waals surface area contributed by atoms with Gasteiger partial charge in [0.1, 0.15) is 11.6 Å². The second kappa shape index (κ2) is 13.1. The number of nitrogens with zero attached hydrogens (tertiary/aromatic N) is 1. The van der Waals surface area contributed by atoms with Crippen molar-refractivity contribution >= 4 is 11.8 Å². The number of aliphatic hydroxyl groups is 1. The molecule has 3 rings (SSSR count). The van der Waals surface area contributed by atoms with Crippen LogP contribution in [0.15, 0.2) is 48.6 Å². The predicted octanol–water partition coefficient (Wildman–Crippen LogP) is 7.08. The maximum absolute atomic E-state index is 13.6. The van der Waals surface area contributed by atoms with E-state index in [2.05, 4.69) is 0 Å². The van der Waals surface area contributed by atoms with E-state index in [1.165, 1.54) is 36.4 Å². The molecule has 1 unspecified atom stereocenters. The number of benzene rings is 2. The second-order valence-corrected chi connectivity index (χ2v) is 10.7. The molecule has 0 saturated heterocycles. The van der Waals surface area contributed by atoms with Crippen LogP contribution in [0.25, 0.3) is 0 Å². The normalized spacial score (nSPS) is 18.0. The molecule has 236 valence electrons. The lowest BCUT2D eigenvalue weighted by Gasteiger charge is -2.34. The summed E-state index contributed by atoms with van der Waals surface area (Å²) in [7, 11) is 0. The monoisotopic (exact) mass is 617 g/mol. The minimum atomic E-state index is -6.01. The van der Waals surface area contributed by atoms with Crippen molar-refractivity contribution in [3.8, 4) is 5.75 Å². The predicted molar refractivity (Wildman–Crippen MR) is 145 cm³/mol. The van der Waals surface area contributed by atoms with Crippen molar-refractivity contribution in [2.45, 2.75) is 82.7 Å². The van der Waals surface area contributed by atoms with E-state index in [4.69, 9.17) is 4.74 Å². The molecule has 0 saturated carbocycles. The van der Waals surface area contributed by atoms with Gasteiger partial charge in [0, 0.05) is 18.2 Å². The lowest BCUT2D eigenvalue weighted by Crippen LogP contribution is -2.54. The maximum Gasteiger partial charge on any atom is 0.430 e. The van der Waals surface area contributed by atoms with Crippen molar-refractivity contribution in [2.75, 3.05) is 13.2 Å². The molecule has 2 aromatic rings. The summed E-state index contributed by atoms with van der Waals surface area (Å²) in [5, 5.41) is 9.99. The number of aryl methyl sites for hydroxylation is 2. The fraction of sp³-hybridized carbons (Fsp3) is 0.484. The van der Waals surface area contributed by atoms with E-state index in [0.717, 1.165) is 4.90 Å². The standard InChI is InChI=1S/C31H34F7NO4/c1-4-8-20-18-23(29(42,30(33,34)35)31(36,37)38)19-21(9-5-2)26(20)43-17-7-6-16-39-25(40)14-15-28(3,27(39)41)22-10-12-24(32)13-11-22/h10-15,18-19,42H,4-9,16-17H2,1-3H3. The molecule has 0 radical (unpaired) electrons. The highest BCUT2D eigenvalue weighted by atomic mass is 19.4. The summed E-state index contributed by atoms with van der Waals surface area (Å²) in [4.78, 5) is 26.8. The van der Waals surface area contributed by atoms with Crippen LogP contribution in [0.2, 0.25) is 0 Å². The van der Waals surface area contributed by atoms with Crippen molar-refractivity contribution in [2.24, 2.45) is 0 Å². The molecule has 1 aliphatic rings. The largest absolute Gasteiger partial charge is 0.493 e. The molecule has 0 aromatic heterocycles. The summed E-state index contributed by atoms with van der Waals surface area (Å²) in [6, 6.07) is 6.78. The summed E-state index contributed by atoms with van der Waals surface area (Å²) in [6.45, 7) is 5.08. The first-order valence-corrected chi connectivity index (χ1v) is 14.0. The molecule has 0 aliphatic carbocycles. The maximum atomic E-state index is 13.6. The van der Waals surface area contributed by atoms with Gasteiger partial charge in [0.25, 0.3) is 11.5 Å². The highest BCUT2D eigenvalue weighted by Crippen LogP contribution is 2.51. The lowest BCUT2D eigenvalue weighted by molar-refractivity contribution is -0.376. The Hall–Kier alpha value is -3.41. The van der Waals surface area contributed by atoms with Crippen LogP contribution in [0.1, 0.15) is 68.7 Å². The van der Waals surface area contributed by atoms with Gasteiger partial charge in [-0.3, -0.25) is 14.5 Å². The average molecular weight is 618 g/mol. The van der Waals surface area contributed by atoms with E-state index in [-0.39, 0.29) is 42.9 Å². The van der Waals surface area contributed by atoms with Gasteiger partial charge in [0.2, 0.25) is 5.91 Å². The van der Waals surface area contributed by atoms with Gasteiger partial charge in [0.05, 0.1) is 12.0 Å².